The average molecular weight is 123 g/mol. The molecule has 0 unspecified atom stereocenters. The van der Waals surface area contributed by atoms with Gasteiger partial charge in [-0.3, -0.25) is 4.79 Å². The summed E-state index contributed by atoms with van der Waals surface area (Å²) >= 11 is 0. The summed E-state index contributed by atoms with van der Waals surface area (Å²) in [7, 11) is 0.754. The molecule has 0 aliphatic rings. The van der Waals surface area contributed by atoms with Crippen LogP contribution in [-0.4, -0.2) is 18.8 Å². The quantitative estimate of drug-likeness (QED) is 0.419. The van der Waals surface area contributed by atoms with Gasteiger partial charge in [0.1, 0.15) is 5.66 Å². The normalized spacial score (nSPS) is 9.00. The lowest BCUT2D eigenvalue weighted by Gasteiger charge is -1.83. The Kier molecular flexibility index (Phi) is 1.70. The average Bonchev–Trinajstić information content (AvgIpc) is 2.33. The molecule has 0 fully saturated rings. The van der Waals surface area contributed by atoms with Crippen LogP contribution < -0.4 is 5.66 Å². The number of carbonyl (C=O) groups excluding carboxylic acids is 1. The standard InChI is InChI=1S/C5H4BO3/c7-3-4-1-2-9-5(4)6-8/h1-3,8H. The molecular formula is C5H4BO3. The van der Waals surface area contributed by atoms with E-state index in [0.717, 1.165) is 7.48 Å². The summed E-state index contributed by atoms with van der Waals surface area (Å²) in [5.74, 6) is 0. The monoisotopic (exact) mass is 123 g/mol. The molecular weight excluding hydrogens is 119 g/mol. The molecule has 1 aromatic heterocycles. The van der Waals surface area contributed by atoms with Gasteiger partial charge in [0.2, 0.25) is 0 Å². The van der Waals surface area contributed by atoms with E-state index in [-0.39, 0.29) is 5.66 Å². The van der Waals surface area contributed by atoms with Crippen molar-refractivity contribution in [2.24, 2.45) is 0 Å². The van der Waals surface area contributed by atoms with Crippen molar-refractivity contribution in [1.82, 2.24) is 0 Å². The molecule has 0 atom stereocenters. The zero-order chi connectivity index (χ0) is 6.69. The molecule has 45 valence electrons. The summed E-state index contributed by atoms with van der Waals surface area (Å²) in [5.41, 5.74) is 0.558. The van der Waals surface area contributed by atoms with Crippen molar-refractivity contribution in [2.45, 2.75) is 0 Å². The molecule has 0 amide bonds. The molecule has 1 aromatic rings. The lowest BCUT2D eigenvalue weighted by atomic mass is 9.94. The van der Waals surface area contributed by atoms with E-state index in [9.17, 15) is 4.79 Å². The molecule has 0 aliphatic carbocycles. The van der Waals surface area contributed by atoms with Crippen molar-refractivity contribution in [3.05, 3.63) is 17.9 Å². The third-order valence-electron chi connectivity index (χ3n) is 0.971. The van der Waals surface area contributed by atoms with Crippen LogP contribution in [0.25, 0.3) is 0 Å². The third-order valence-corrected chi connectivity index (χ3v) is 0.971. The molecule has 1 N–H and O–H groups in total. The summed E-state index contributed by atoms with van der Waals surface area (Å²) in [6, 6.07) is 1.48. The van der Waals surface area contributed by atoms with E-state index in [4.69, 9.17) is 5.02 Å². The van der Waals surface area contributed by atoms with Crippen molar-refractivity contribution >= 4 is 19.4 Å². The molecule has 4 heteroatoms. The first-order valence-corrected chi connectivity index (χ1v) is 2.38. The molecule has 1 radical (unpaired) electrons. The first-order valence-electron chi connectivity index (χ1n) is 2.38. The molecule has 0 aromatic carbocycles. The summed E-state index contributed by atoms with van der Waals surface area (Å²) in [4.78, 5) is 10.1. The molecule has 0 spiro atoms. The first-order chi connectivity index (χ1) is 4.38. The van der Waals surface area contributed by atoms with Gasteiger partial charge in [-0.1, -0.05) is 0 Å². The van der Waals surface area contributed by atoms with Crippen molar-refractivity contribution < 1.29 is 14.2 Å². The Bertz CT molecular complexity index is 206. The van der Waals surface area contributed by atoms with Gasteiger partial charge in [0.25, 0.3) is 0 Å². The Morgan fingerprint density at radius 2 is 2.56 bits per heavy atom. The van der Waals surface area contributed by atoms with E-state index in [1.807, 2.05) is 0 Å². The smallest absolute Gasteiger partial charge is 0.374 e. The highest BCUT2D eigenvalue weighted by Gasteiger charge is 2.03. The van der Waals surface area contributed by atoms with Gasteiger partial charge in [-0.2, -0.15) is 0 Å². The fourth-order valence-corrected chi connectivity index (χ4v) is 0.533. The van der Waals surface area contributed by atoms with Gasteiger partial charge in [-0.25, -0.2) is 0 Å². The number of aldehydes is 1. The van der Waals surface area contributed by atoms with Crippen LogP contribution in [0.15, 0.2) is 16.7 Å². The minimum Gasteiger partial charge on any atom is -0.476 e. The second kappa shape index (κ2) is 2.50. The van der Waals surface area contributed by atoms with E-state index in [2.05, 4.69) is 4.42 Å². The summed E-state index contributed by atoms with van der Waals surface area (Å²) in [6.45, 7) is 0. The van der Waals surface area contributed by atoms with Crippen LogP contribution in [0, 0.1) is 0 Å². The fourth-order valence-electron chi connectivity index (χ4n) is 0.533. The maximum Gasteiger partial charge on any atom is 0.374 e. The second-order valence-electron chi connectivity index (χ2n) is 1.49. The molecule has 1 heterocycles. The van der Waals surface area contributed by atoms with Crippen LogP contribution in [0.5, 0.6) is 0 Å². The molecule has 0 bridgehead atoms. The van der Waals surface area contributed by atoms with Gasteiger partial charge < -0.3 is 9.44 Å². The summed E-state index contributed by atoms with van der Waals surface area (Å²) in [6.07, 6.45) is 1.96. The van der Waals surface area contributed by atoms with E-state index in [0.29, 0.717) is 11.8 Å². The summed E-state index contributed by atoms with van der Waals surface area (Å²) < 4.78 is 4.67. The van der Waals surface area contributed by atoms with E-state index in [1.165, 1.54) is 12.3 Å². The molecule has 0 aliphatic heterocycles. The van der Waals surface area contributed by atoms with Gasteiger partial charge in [0, 0.05) is 5.56 Å². The zero-order valence-corrected chi connectivity index (χ0v) is 4.57. The Morgan fingerprint density at radius 1 is 1.78 bits per heavy atom. The Labute approximate surface area is 52.6 Å². The van der Waals surface area contributed by atoms with E-state index < -0.39 is 0 Å². The highest BCUT2D eigenvalue weighted by Crippen LogP contribution is 1.90. The number of rotatable bonds is 2. The van der Waals surface area contributed by atoms with Crippen LogP contribution in [0.3, 0.4) is 0 Å². The molecule has 3 nitrogen and oxygen atoms in total. The minimum absolute atomic E-state index is 0.199. The van der Waals surface area contributed by atoms with Crippen LogP contribution in [0.4, 0.5) is 0 Å². The maximum absolute atomic E-state index is 10.1. The zero-order valence-electron chi connectivity index (χ0n) is 4.57. The van der Waals surface area contributed by atoms with Gasteiger partial charge in [0.15, 0.2) is 6.29 Å². The van der Waals surface area contributed by atoms with Gasteiger partial charge in [-0.15, -0.1) is 0 Å². The Balaban J connectivity index is 2.98. The number of carbonyl (C=O) groups is 1. The highest BCUT2D eigenvalue weighted by molar-refractivity contribution is 6.45. The molecule has 1 rings (SSSR count). The van der Waals surface area contributed by atoms with Crippen molar-refractivity contribution in [2.75, 3.05) is 0 Å². The van der Waals surface area contributed by atoms with Crippen LogP contribution in [0.1, 0.15) is 10.4 Å². The van der Waals surface area contributed by atoms with E-state index in [1.54, 1.807) is 0 Å². The largest absolute Gasteiger partial charge is 0.476 e. The Hall–Kier alpha value is -1.03. The highest BCUT2D eigenvalue weighted by atomic mass is 16.3. The predicted octanol–water partition coefficient (Wildman–Crippen LogP) is -0.671. The van der Waals surface area contributed by atoms with Crippen LogP contribution in [0.2, 0.25) is 0 Å². The first kappa shape index (κ1) is 6.10. The lowest BCUT2D eigenvalue weighted by Crippen LogP contribution is -2.14. The topological polar surface area (TPSA) is 50.4 Å². The van der Waals surface area contributed by atoms with Crippen molar-refractivity contribution in [3.8, 4) is 0 Å². The maximum atomic E-state index is 10.1. The van der Waals surface area contributed by atoms with Gasteiger partial charge in [-0.05, 0) is 6.07 Å². The fraction of sp³-hybridized carbons (Fsp3) is 0. The van der Waals surface area contributed by atoms with E-state index >= 15 is 0 Å². The Morgan fingerprint density at radius 3 is 3.00 bits per heavy atom. The SMILES string of the molecule is O=Cc1ccoc1[B]O. The summed E-state index contributed by atoms with van der Waals surface area (Å²) in [5, 5.41) is 8.36. The van der Waals surface area contributed by atoms with Gasteiger partial charge >= 0.3 is 7.48 Å². The minimum atomic E-state index is 0.199. The van der Waals surface area contributed by atoms with Gasteiger partial charge in [0.05, 0.1) is 6.26 Å². The number of hydrogen-bond donors (Lipinski definition) is 1. The third kappa shape index (κ3) is 1.03. The number of furan rings is 1. The van der Waals surface area contributed by atoms with Crippen LogP contribution >= 0.6 is 0 Å². The lowest BCUT2D eigenvalue weighted by molar-refractivity contribution is 0.112. The molecule has 9 heavy (non-hydrogen) atoms. The van der Waals surface area contributed by atoms with Crippen LogP contribution in [-0.2, 0) is 0 Å². The second-order valence-corrected chi connectivity index (χ2v) is 1.49. The van der Waals surface area contributed by atoms with Crippen molar-refractivity contribution in [1.29, 1.82) is 0 Å². The van der Waals surface area contributed by atoms with Crippen molar-refractivity contribution in [3.63, 3.8) is 0 Å². The molecule has 0 saturated carbocycles. The predicted molar refractivity (Wildman–Crippen MR) is 31.7 cm³/mol. The molecule has 0 saturated heterocycles. The number of hydrogen-bond acceptors (Lipinski definition) is 3.